The van der Waals surface area contributed by atoms with Gasteiger partial charge >= 0.3 is 17.3 Å². The molecule has 0 saturated carbocycles. The Balaban J connectivity index is 3.25. The smallest absolute Gasteiger partial charge is 0.330 e. The van der Waals surface area contributed by atoms with Crippen LogP contribution in [0.2, 0.25) is 0 Å². The molecule has 0 bridgehead atoms. The molecule has 0 aliphatic heterocycles. The summed E-state index contributed by atoms with van der Waals surface area (Å²) in [6.45, 7) is 1.98. The summed E-state index contributed by atoms with van der Waals surface area (Å²) in [5.41, 5.74) is 0. The Morgan fingerprint density at radius 2 is 2.23 bits per heavy atom. The Hall–Kier alpha value is -0.720. The maximum atomic E-state index is 10.7. The van der Waals surface area contributed by atoms with Crippen molar-refractivity contribution in [2.24, 2.45) is 0 Å². The fourth-order valence-electron chi connectivity index (χ4n) is 0.546. The molecule has 0 saturated heterocycles. The van der Waals surface area contributed by atoms with E-state index in [1.54, 1.807) is 13.0 Å². The predicted octanol–water partition coefficient (Wildman–Crippen LogP) is 0.649. The summed E-state index contributed by atoms with van der Waals surface area (Å²) in [6.07, 6.45) is 3.27. The quantitative estimate of drug-likeness (QED) is 0.300. The number of carbonyl (C=O) groups is 1. The van der Waals surface area contributed by atoms with Gasteiger partial charge in [-0.15, -0.1) is 0 Å². The lowest BCUT2D eigenvalue weighted by molar-refractivity contribution is -0.137. The van der Waals surface area contributed by atoms with E-state index in [-0.39, 0.29) is 13.2 Å². The van der Waals surface area contributed by atoms with Gasteiger partial charge in [0.25, 0.3) is 0 Å². The van der Waals surface area contributed by atoms with Crippen molar-refractivity contribution in [2.75, 3.05) is 13.2 Å². The van der Waals surface area contributed by atoms with Gasteiger partial charge in [-0.2, -0.15) is 4.21 Å². The number of esters is 1. The highest BCUT2D eigenvalue weighted by Gasteiger charge is 1.97. The second kappa shape index (κ2) is 7.90. The first kappa shape index (κ1) is 12.3. The van der Waals surface area contributed by atoms with E-state index in [0.717, 1.165) is 0 Å². The summed E-state index contributed by atoms with van der Waals surface area (Å²) in [5, 5.41) is 0. The Bertz CT molecular complexity index is 201. The number of hydrogen-bond donors (Lipinski definition) is 1. The maximum absolute atomic E-state index is 10.7. The van der Waals surface area contributed by atoms with Crippen molar-refractivity contribution < 1.29 is 22.5 Å². The zero-order chi connectivity index (χ0) is 10.1. The van der Waals surface area contributed by atoms with Crippen molar-refractivity contribution >= 4 is 17.3 Å². The highest BCUT2D eigenvalue weighted by Crippen LogP contribution is 1.88. The molecule has 13 heavy (non-hydrogen) atoms. The van der Waals surface area contributed by atoms with Gasteiger partial charge in [-0.1, -0.05) is 6.08 Å². The van der Waals surface area contributed by atoms with Crippen molar-refractivity contribution in [3.63, 3.8) is 0 Å². The van der Waals surface area contributed by atoms with Gasteiger partial charge in [-0.05, 0) is 6.92 Å². The molecule has 0 amide bonds. The van der Waals surface area contributed by atoms with Crippen LogP contribution in [0, 0.1) is 0 Å². The molecule has 0 spiro atoms. The van der Waals surface area contributed by atoms with Crippen LogP contribution in [-0.2, 0) is 25.1 Å². The molecular formula is C7H12O5S. The molecule has 6 heteroatoms. The molecule has 0 fully saturated rings. The van der Waals surface area contributed by atoms with Crippen LogP contribution in [0.3, 0.4) is 0 Å². The number of ether oxygens (including phenoxy) is 1. The van der Waals surface area contributed by atoms with Gasteiger partial charge in [-0.25, -0.2) is 4.79 Å². The van der Waals surface area contributed by atoms with E-state index >= 15 is 0 Å². The van der Waals surface area contributed by atoms with Crippen molar-refractivity contribution in [3.05, 3.63) is 12.2 Å². The van der Waals surface area contributed by atoms with E-state index < -0.39 is 17.3 Å². The van der Waals surface area contributed by atoms with Crippen LogP contribution in [0.4, 0.5) is 0 Å². The van der Waals surface area contributed by atoms with Crippen LogP contribution >= 0.6 is 0 Å². The standard InChI is InChI=1S/C7H12O5S/c1-2-4-7(8)11-5-3-6-12-13(9)10/h2,4H,3,5-6H2,1H3,(H,9,10). The molecule has 0 aromatic heterocycles. The lowest BCUT2D eigenvalue weighted by atomic mass is 10.5. The number of hydrogen-bond acceptors (Lipinski definition) is 4. The molecule has 0 aromatic rings. The fourth-order valence-corrected chi connectivity index (χ4v) is 0.807. The summed E-state index contributed by atoms with van der Waals surface area (Å²) in [6, 6.07) is 0. The normalized spacial score (nSPS) is 13.1. The molecule has 1 N–H and O–H groups in total. The Morgan fingerprint density at radius 3 is 2.77 bits per heavy atom. The molecule has 1 atom stereocenters. The molecule has 5 nitrogen and oxygen atoms in total. The van der Waals surface area contributed by atoms with Gasteiger partial charge in [0.2, 0.25) is 0 Å². The predicted molar refractivity (Wildman–Crippen MR) is 47.1 cm³/mol. The summed E-state index contributed by atoms with van der Waals surface area (Å²) < 4.78 is 27.1. The number of rotatable bonds is 6. The van der Waals surface area contributed by atoms with Crippen molar-refractivity contribution in [2.45, 2.75) is 13.3 Å². The highest BCUT2D eigenvalue weighted by atomic mass is 32.2. The summed E-state index contributed by atoms with van der Waals surface area (Å²) >= 11 is -2.24. The Kier molecular flexibility index (Phi) is 7.47. The van der Waals surface area contributed by atoms with E-state index in [2.05, 4.69) is 8.92 Å². The van der Waals surface area contributed by atoms with Crippen LogP contribution in [0.1, 0.15) is 13.3 Å². The van der Waals surface area contributed by atoms with Gasteiger partial charge in [0.1, 0.15) is 0 Å². The maximum Gasteiger partial charge on any atom is 0.330 e. The number of carbonyl (C=O) groups excluding carboxylic acids is 1. The van der Waals surface area contributed by atoms with E-state index in [1.165, 1.54) is 6.08 Å². The van der Waals surface area contributed by atoms with Crippen LogP contribution < -0.4 is 0 Å². The molecule has 0 aliphatic carbocycles. The number of allylic oxidation sites excluding steroid dienone is 1. The first-order chi connectivity index (χ1) is 6.16. The van der Waals surface area contributed by atoms with Crippen LogP contribution in [0.5, 0.6) is 0 Å². The van der Waals surface area contributed by atoms with Crippen LogP contribution in [0.15, 0.2) is 12.2 Å². The van der Waals surface area contributed by atoms with E-state index in [0.29, 0.717) is 6.42 Å². The minimum absolute atomic E-state index is 0.0895. The van der Waals surface area contributed by atoms with Gasteiger partial charge in [0.05, 0.1) is 13.2 Å². The molecule has 0 aromatic carbocycles. The largest absolute Gasteiger partial charge is 0.462 e. The van der Waals surface area contributed by atoms with Gasteiger partial charge < -0.3 is 4.74 Å². The Labute approximate surface area is 79.2 Å². The zero-order valence-corrected chi connectivity index (χ0v) is 8.08. The molecule has 0 radical (unpaired) electrons. The van der Waals surface area contributed by atoms with Gasteiger partial charge in [0, 0.05) is 12.5 Å². The molecule has 0 aliphatic rings. The average Bonchev–Trinajstić information content (AvgIpc) is 2.03. The van der Waals surface area contributed by atoms with E-state index in [9.17, 15) is 9.00 Å². The van der Waals surface area contributed by atoms with Gasteiger partial charge in [-0.3, -0.25) is 8.74 Å². The summed E-state index contributed by atoms with van der Waals surface area (Å²) in [7, 11) is 0. The minimum atomic E-state index is -2.24. The van der Waals surface area contributed by atoms with E-state index in [4.69, 9.17) is 4.55 Å². The third-order valence-electron chi connectivity index (χ3n) is 1.02. The summed E-state index contributed by atoms with van der Waals surface area (Å²) in [4.78, 5) is 10.7. The fraction of sp³-hybridized carbons (Fsp3) is 0.571. The first-order valence-electron chi connectivity index (χ1n) is 3.70. The molecule has 0 heterocycles. The lowest BCUT2D eigenvalue weighted by Crippen LogP contribution is -2.06. The molecule has 0 rings (SSSR count). The topological polar surface area (TPSA) is 72.8 Å². The second-order valence-electron chi connectivity index (χ2n) is 2.06. The molecule has 1 unspecified atom stereocenters. The van der Waals surface area contributed by atoms with Crippen LogP contribution in [-0.4, -0.2) is 27.9 Å². The third kappa shape index (κ3) is 9.19. The minimum Gasteiger partial charge on any atom is -0.462 e. The van der Waals surface area contributed by atoms with Crippen molar-refractivity contribution in [1.82, 2.24) is 0 Å². The average molecular weight is 208 g/mol. The zero-order valence-electron chi connectivity index (χ0n) is 7.26. The van der Waals surface area contributed by atoms with Crippen molar-refractivity contribution in [1.29, 1.82) is 0 Å². The molecule has 76 valence electrons. The first-order valence-corrected chi connectivity index (χ1v) is 4.73. The Morgan fingerprint density at radius 1 is 1.54 bits per heavy atom. The lowest BCUT2D eigenvalue weighted by Gasteiger charge is -2.00. The summed E-state index contributed by atoms with van der Waals surface area (Å²) in [5.74, 6) is -0.423. The second-order valence-corrected chi connectivity index (χ2v) is 2.73. The van der Waals surface area contributed by atoms with Crippen molar-refractivity contribution in [3.8, 4) is 0 Å². The van der Waals surface area contributed by atoms with E-state index in [1.807, 2.05) is 0 Å². The highest BCUT2D eigenvalue weighted by molar-refractivity contribution is 7.74. The van der Waals surface area contributed by atoms with Gasteiger partial charge in [0.15, 0.2) is 0 Å². The van der Waals surface area contributed by atoms with Crippen LogP contribution in [0.25, 0.3) is 0 Å². The molecular weight excluding hydrogens is 196 g/mol. The SMILES string of the molecule is CC=CC(=O)OCCCOS(=O)O. The monoisotopic (exact) mass is 208 g/mol. The third-order valence-corrected chi connectivity index (χ3v) is 1.39.